The lowest BCUT2D eigenvalue weighted by molar-refractivity contribution is 0.319. The topological polar surface area (TPSA) is 27.3 Å². The Labute approximate surface area is 50.4 Å². The van der Waals surface area contributed by atoms with Crippen LogP contribution in [0.4, 0.5) is 0 Å². The van der Waals surface area contributed by atoms with Crippen LogP contribution in [0.15, 0.2) is 12.4 Å². The van der Waals surface area contributed by atoms with Gasteiger partial charge in [-0.15, -0.1) is 5.53 Å². The van der Waals surface area contributed by atoms with Crippen LogP contribution in [0.5, 0.6) is 0 Å². The number of hydrogen-bond donors (Lipinski definition) is 2. The van der Waals surface area contributed by atoms with Gasteiger partial charge in [0.1, 0.15) is 0 Å². The first kappa shape index (κ1) is 4.93. The molecule has 4 heteroatoms. The number of hydrogen-bond acceptors (Lipinski definition) is 3. The molecule has 0 atom stereocenters. The minimum Gasteiger partial charge on any atom is -0.310 e. The molecule has 0 aromatic carbocycles. The highest BCUT2D eigenvalue weighted by Gasteiger charge is 1.95. The second-order valence-electron chi connectivity index (χ2n) is 1.16. The number of nitrogens with zero attached hydrogens (tertiary/aromatic N) is 1. The molecule has 1 aliphatic heterocycles. The van der Waals surface area contributed by atoms with Crippen molar-refractivity contribution in [3.63, 3.8) is 0 Å². The van der Waals surface area contributed by atoms with Crippen molar-refractivity contribution in [2.45, 2.75) is 0 Å². The lowest BCUT2D eigenvalue weighted by Gasteiger charge is -2.08. The maximum Gasteiger partial charge on any atom is 0.0907 e. The molecule has 1 aliphatic rings. The summed E-state index contributed by atoms with van der Waals surface area (Å²) in [7, 11) is 0. The molecular weight excluding hydrogens is 158 g/mol. The molecule has 0 fully saturated rings. The zero-order valence-corrected chi connectivity index (χ0v) is 5.27. The highest BCUT2D eigenvalue weighted by Crippen LogP contribution is 1.90. The SMILES string of the molecule is BrCN1C=CNN1. The number of halogens is 1. The van der Waals surface area contributed by atoms with Crippen LogP contribution in [0, 0.1) is 0 Å². The quantitative estimate of drug-likeness (QED) is 0.426. The van der Waals surface area contributed by atoms with Crippen LogP contribution < -0.4 is 11.0 Å². The molecule has 1 rings (SSSR count). The molecular formula is C3H6BrN3. The van der Waals surface area contributed by atoms with Crippen LogP contribution in [-0.4, -0.2) is 10.5 Å². The summed E-state index contributed by atoms with van der Waals surface area (Å²) < 4.78 is 0. The molecule has 0 spiro atoms. The van der Waals surface area contributed by atoms with Gasteiger partial charge in [0.2, 0.25) is 0 Å². The van der Waals surface area contributed by atoms with E-state index < -0.39 is 0 Å². The predicted molar refractivity (Wildman–Crippen MR) is 31.0 cm³/mol. The van der Waals surface area contributed by atoms with Gasteiger partial charge in [0.25, 0.3) is 0 Å². The van der Waals surface area contributed by atoms with E-state index in [1.54, 1.807) is 0 Å². The third-order valence-corrected chi connectivity index (χ3v) is 1.22. The van der Waals surface area contributed by atoms with Gasteiger partial charge in [0, 0.05) is 12.4 Å². The number of alkyl halides is 1. The van der Waals surface area contributed by atoms with Crippen LogP contribution in [0.3, 0.4) is 0 Å². The Morgan fingerprint density at radius 3 is 2.86 bits per heavy atom. The van der Waals surface area contributed by atoms with Crippen molar-refractivity contribution >= 4 is 15.9 Å². The minimum atomic E-state index is 0.802. The molecule has 2 N–H and O–H groups in total. The molecule has 0 unspecified atom stereocenters. The van der Waals surface area contributed by atoms with Crippen molar-refractivity contribution in [3.8, 4) is 0 Å². The lowest BCUT2D eigenvalue weighted by Crippen LogP contribution is -2.34. The normalized spacial score (nSPS) is 17.6. The highest BCUT2D eigenvalue weighted by atomic mass is 79.9. The van der Waals surface area contributed by atoms with Crippen LogP contribution in [0.1, 0.15) is 0 Å². The largest absolute Gasteiger partial charge is 0.310 e. The molecule has 40 valence electrons. The smallest absolute Gasteiger partial charge is 0.0907 e. The monoisotopic (exact) mass is 163 g/mol. The number of nitrogens with one attached hydrogen (secondary N) is 2. The zero-order chi connectivity index (χ0) is 5.11. The summed E-state index contributed by atoms with van der Waals surface area (Å²) in [5.74, 6) is 0. The van der Waals surface area contributed by atoms with Crippen molar-refractivity contribution in [3.05, 3.63) is 12.4 Å². The molecule has 0 saturated carbocycles. The average Bonchev–Trinajstić information content (AvgIpc) is 2.14. The van der Waals surface area contributed by atoms with Crippen LogP contribution in [-0.2, 0) is 0 Å². The molecule has 0 bridgehead atoms. The van der Waals surface area contributed by atoms with Crippen molar-refractivity contribution in [1.82, 2.24) is 16.0 Å². The lowest BCUT2D eigenvalue weighted by atomic mass is 10.9. The Balaban J connectivity index is 2.28. The second-order valence-corrected chi connectivity index (χ2v) is 1.66. The molecule has 3 nitrogen and oxygen atoms in total. The van der Waals surface area contributed by atoms with E-state index in [4.69, 9.17) is 0 Å². The summed E-state index contributed by atoms with van der Waals surface area (Å²) in [5.41, 5.74) is 6.42. The molecule has 1 heterocycles. The van der Waals surface area contributed by atoms with Crippen molar-refractivity contribution in [2.75, 3.05) is 5.45 Å². The molecule has 0 aromatic rings. The Hall–Kier alpha value is -0.220. The summed E-state index contributed by atoms with van der Waals surface area (Å²) >= 11 is 3.25. The standard InChI is InChI=1S/C3H6BrN3/c4-3-7-2-1-5-6-7/h1-2,5-6H,3H2. The third-order valence-electron chi connectivity index (χ3n) is 0.675. The van der Waals surface area contributed by atoms with Gasteiger partial charge in [0.05, 0.1) is 5.45 Å². The molecule has 0 amide bonds. The van der Waals surface area contributed by atoms with Crippen LogP contribution in [0.2, 0.25) is 0 Å². The fourth-order valence-electron chi connectivity index (χ4n) is 0.354. The predicted octanol–water partition coefficient (Wildman–Crippen LogP) is 0.135. The zero-order valence-electron chi connectivity index (χ0n) is 3.69. The van der Waals surface area contributed by atoms with Crippen molar-refractivity contribution in [2.24, 2.45) is 0 Å². The van der Waals surface area contributed by atoms with E-state index in [2.05, 4.69) is 26.9 Å². The summed E-state index contributed by atoms with van der Waals surface area (Å²) in [5, 5.41) is 1.86. The van der Waals surface area contributed by atoms with Gasteiger partial charge in [-0.2, -0.15) is 0 Å². The maximum absolute atomic E-state index is 3.25. The van der Waals surface area contributed by atoms with Gasteiger partial charge < -0.3 is 5.43 Å². The van der Waals surface area contributed by atoms with Gasteiger partial charge in [-0.3, -0.25) is 5.01 Å². The van der Waals surface area contributed by atoms with E-state index in [1.807, 2.05) is 17.4 Å². The van der Waals surface area contributed by atoms with E-state index in [1.165, 1.54) is 0 Å². The Kier molecular flexibility index (Phi) is 1.54. The number of rotatable bonds is 1. The first-order chi connectivity index (χ1) is 3.43. The summed E-state index contributed by atoms with van der Waals surface area (Å²) in [4.78, 5) is 0. The molecule has 0 saturated heterocycles. The van der Waals surface area contributed by atoms with E-state index in [9.17, 15) is 0 Å². The molecule has 0 aliphatic carbocycles. The third kappa shape index (κ3) is 1.07. The van der Waals surface area contributed by atoms with Crippen LogP contribution >= 0.6 is 15.9 Å². The van der Waals surface area contributed by atoms with E-state index in [0.717, 1.165) is 5.45 Å². The minimum absolute atomic E-state index is 0.802. The number of hydrazine groups is 2. The van der Waals surface area contributed by atoms with E-state index in [0.29, 0.717) is 0 Å². The van der Waals surface area contributed by atoms with Crippen molar-refractivity contribution in [1.29, 1.82) is 0 Å². The van der Waals surface area contributed by atoms with Gasteiger partial charge >= 0.3 is 0 Å². The van der Waals surface area contributed by atoms with Gasteiger partial charge in [-0.1, -0.05) is 15.9 Å². The molecule has 0 aromatic heterocycles. The summed E-state index contributed by atoms with van der Waals surface area (Å²) in [6.07, 6.45) is 3.72. The fourth-order valence-corrected chi connectivity index (χ4v) is 0.647. The van der Waals surface area contributed by atoms with Gasteiger partial charge in [-0.05, 0) is 0 Å². The van der Waals surface area contributed by atoms with Crippen molar-refractivity contribution < 1.29 is 0 Å². The van der Waals surface area contributed by atoms with E-state index in [-0.39, 0.29) is 0 Å². The van der Waals surface area contributed by atoms with Gasteiger partial charge in [0.15, 0.2) is 0 Å². The first-order valence-electron chi connectivity index (χ1n) is 1.94. The molecule has 7 heavy (non-hydrogen) atoms. The highest BCUT2D eigenvalue weighted by molar-refractivity contribution is 9.09. The summed E-state index contributed by atoms with van der Waals surface area (Å²) in [6.45, 7) is 0. The van der Waals surface area contributed by atoms with Crippen LogP contribution in [0.25, 0.3) is 0 Å². The summed E-state index contributed by atoms with van der Waals surface area (Å²) in [6, 6.07) is 0. The van der Waals surface area contributed by atoms with E-state index >= 15 is 0 Å². The first-order valence-corrected chi connectivity index (χ1v) is 3.06. The Morgan fingerprint density at radius 2 is 2.57 bits per heavy atom. The van der Waals surface area contributed by atoms with Gasteiger partial charge in [-0.25, -0.2) is 0 Å². The maximum atomic E-state index is 3.25. The fraction of sp³-hybridized carbons (Fsp3) is 0.333. The second kappa shape index (κ2) is 2.18. The Morgan fingerprint density at radius 1 is 1.71 bits per heavy atom. The Bertz CT molecular complexity index is 82.2. The molecule has 0 radical (unpaired) electrons. The average molecular weight is 164 g/mol.